The molecule has 1 atom stereocenters. The molecule has 0 unspecified atom stereocenters. The van der Waals surface area contributed by atoms with Gasteiger partial charge in [-0.2, -0.15) is 0 Å². The van der Waals surface area contributed by atoms with Gasteiger partial charge in [-0.1, -0.05) is 30.3 Å². The van der Waals surface area contributed by atoms with Crippen molar-refractivity contribution in [1.29, 1.82) is 0 Å². The molecule has 1 amide bonds. The Kier molecular flexibility index (Phi) is 4.39. The van der Waals surface area contributed by atoms with E-state index in [1.807, 2.05) is 36.4 Å². The number of benzene rings is 1. The lowest BCUT2D eigenvalue weighted by Gasteiger charge is -2.18. The van der Waals surface area contributed by atoms with Gasteiger partial charge in [0.05, 0.1) is 29.1 Å². The van der Waals surface area contributed by atoms with Crippen LogP contribution in [-0.4, -0.2) is 10.5 Å². The summed E-state index contributed by atoms with van der Waals surface area (Å²) in [6.45, 7) is 4.60. The fourth-order valence-electron chi connectivity index (χ4n) is 3.28. The molecule has 0 saturated heterocycles. The minimum Gasteiger partial charge on any atom is -0.467 e. The molecule has 26 heavy (non-hydrogen) atoms. The standard InChI is InChI=1S/C21H20N2O2S/c1-14-11-18-20(26-14)12-19(21(24)22-13-17-9-6-10-25-17)23(18)15(2)16-7-4-3-5-8-16/h3-12,15H,13H2,1-2H3,(H,22,24)/t15-/m0/s1. The van der Waals surface area contributed by atoms with Crippen molar-refractivity contribution in [2.24, 2.45) is 0 Å². The van der Waals surface area contributed by atoms with Crippen molar-refractivity contribution < 1.29 is 9.21 Å². The average molecular weight is 364 g/mol. The van der Waals surface area contributed by atoms with E-state index in [0.717, 1.165) is 16.0 Å². The van der Waals surface area contributed by atoms with Crippen LogP contribution in [0.1, 0.15) is 39.7 Å². The summed E-state index contributed by atoms with van der Waals surface area (Å²) in [6, 6.07) is 18.1. The van der Waals surface area contributed by atoms with E-state index in [1.54, 1.807) is 17.6 Å². The summed E-state index contributed by atoms with van der Waals surface area (Å²) in [5.41, 5.74) is 2.95. The fourth-order valence-corrected chi connectivity index (χ4v) is 4.23. The van der Waals surface area contributed by atoms with Crippen LogP contribution in [0.25, 0.3) is 10.2 Å². The van der Waals surface area contributed by atoms with Gasteiger partial charge >= 0.3 is 0 Å². The molecule has 3 heterocycles. The minimum atomic E-state index is -0.0924. The van der Waals surface area contributed by atoms with Crippen LogP contribution in [0.2, 0.25) is 0 Å². The van der Waals surface area contributed by atoms with Crippen LogP contribution in [0.15, 0.2) is 65.3 Å². The first-order valence-electron chi connectivity index (χ1n) is 8.60. The zero-order valence-electron chi connectivity index (χ0n) is 14.7. The van der Waals surface area contributed by atoms with Crippen molar-refractivity contribution in [3.8, 4) is 0 Å². The number of aryl methyl sites for hydroxylation is 1. The Morgan fingerprint density at radius 2 is 2.00 bits per heavy atom. The number of hydrogen-bond donors (Lipinski definition) is 1. The van der Waals surface area contributed by atoms with E-state index < -0.39 is 0 Å². The number of thiophene rings is 1. The van der Waals surface area contributed by atoms with Crippen molar-refractivity contribution in [3.63, 3.8) is 0 Å². The molecule has 0 bridgehead atoms. The highest BCUT2D eigenvalue weighted by molar-refractivity contribution is 7.19. The molecule has 4 aromatic rings. The molecule has 0 fully saturated rings. The predicted molar refractivity (Wildman–Crippen MR) is 105 cm³/mol. The predicted octanol–water partition coefficient (Wildman–Crippen LogP) is 5.14. The first-order chi connectivity index (χ1) is 12.6. The highest BCUT2D eigenvalue weighted by Crippen LogP contribution is 2.33. The lowest BCUT2D eigenvalue weighted by molar-refractivity contribution is 0.0938. The summed E-state index contributed by atoms with van der Waals surface area (Å²) in [5, 5.41) is 2.96. The van der Waals surface area contributed by atoms with Gasteiger partial charge in [-0.15, -0.1) is 11.3 Å². The lowest BCUT2D eigenvalue weighted by atomic mass is 10.1. The number of fused-ring (bicyclic) bond motifs is 1. The molecule has 3 aromatic heterocycles. The molecule has 0 radical (unpaired) electrons. The van der Waals surface area contributed by atoms with Crippen LogP contribution in [0.5, 0.6) is 0 Å². The van der Waals surface area contributed by atoms with Gasteiger partial charge in [0, 0.05) is 4.88 Å². The molecule has 132 valence electrons. The van der Waals surface area contributed by atoms with Crippen molar-refractivity contribution in [1.82, 2.24) is 9.88 Å². The summed E-state index contributed by atoms with van der Waals surface area (Å²) < 4.78 is 8.57. The van der Waals surface area contributed by atoms with Crippen LogP contribution in [0.4, 0.5) is 0 Å². The van der Waals surface area contributed by atoms with Crippen LogP contribution in [-0.2, 0) is 6.54 Å². The second-order valence-electron chi connectivity index (χ2n) is 6.35. The minimum absolute atomic E-state index is 0.0621. The van der Waals surface area contributed by atoms with Crippen LogP contribution < -0.4 is 5.32 Å². The molecule has 5 heteroatoms. The molecule has 0 saturated carbocycles. The number of aromatic nitrogens is 1. The number of nitrogens with one attached hydrogen (secondary N) is 1. The third-order valence-corrected chi connectivity index (χ3v) is 5.54. The molecule has 4 nitrogen and oxygen atoms in total. The van der Waals surface area contributed by atoms with Crippen molar-refractivity contribution in [2.75, 3.05) is 0 Å². The highest BCUT2D eigenvalue weighted by atomic mass is 32.1. The van der Waals surface area contributed by atoms with Crippen molar-refractivity contribution in [2.45, 2.75) is 26.4 Å². The molecular formula is C21H20N2O2S. The van der Waals surface area contributed by atoms with Gasteiger partial charge in [0.25, 0.3) is 5.91 Å². The molecule has 0 aliphatic rings. The number of carbonyl (C=O) groups is 1. The SMILES string of the molecule is Cc1cc2c(cc(C(=O)NCc3ccco3)n2[C@@H](C)c2ccccc2)s1. The molecular weight excluding hydrogens is 344 g/mol. The Morgan fingerprint density at radius 1 is 1.19 bits per heavy atom. The van der Waals surface area contributed by atoms with E-state index >= 15 is 0 Å². The summed E-state index contributed by atoms with van der Waals surface area (Å²) in [5.74, 6) is 0.649. The summed E-state index contributed by atoms with van der Waals surface area (Å²) in [6.07, 6.45) is 1.61. The van der Waals surface area contributed by atoms with Crippen LogP contribution >= 0.6 is 11.3 Å². The number of nitrogens with zero attached hydrogens (tertiary/aromatic N) is 1. The zero-order valence-corrected chi connectivity index (χ0v) is 15.5. The molecule has 4 rings (SSSR count). The molecule has 1 N–H and O–H groups in total. The Balaban J connectivity index is 1.72. The lowest BCUT2D eigenvalue weighted by Crippen LogP contribution is -2.26. The van der Waals surface area contributed by atoms with E-state index in [2.05, 4.69) is 41.9 Å². The van der Waals surface area contributed by atoms with E-state index in [1.165, 1.54) is 10.4 Å². The van der Waals surface area contributed by atoms with Crippen molar-refractivity contribution in [3.05, 3.63) is 82.8 Å². The van der Waals surface area contributed by atoms with E-state index in [0.29, 0.717) is 12.2 Å². The van der Waals surface area contributed by atoms with Gasteiger partial charge in [-0.3, -0.25) is 4.79 Å². The molecule has 0 aliphatic carbocycles. The second kappa shape index (κ2) is 6.84. The number of amides is 1. The third-order valence-electron chi connectivity index (χ3n) is 4.56. The summed E-state index contributed by atoms with van der Waals surface area (Å²) >= 11 is 1.71. The van der Waals surface area contributed by atoms with E-state index in [9.17, 15) is 4.79 Å². The monoisotopic (exact) mass is 364 g/mol. The number of hydrogen-bond acceptors (Lipinski definition) is 3. The molecule has 0 aliphatic heterocycles. The van der Waals surface area contributed by atoms with Gasteiger partial charge < -0.3 is 14.3 Å². The Labute approximate surface area is 156 Å². The Morgan fingerprint density at radius 3 is 2.73 bits per heavy atom. The smallest absolute Gasteiger partial charge is 0.268 e. The largest absolute Gasteiger partial charge is 0.467 e. The van der Waals surface area contributed by atoms with Gasteiger partial charge in [0.1, 0.15) is 11.5 Å². The third kappa shape index (κ3) is 3.06. The number of furan rings is 1. The summed E-state index contributed by atoms with van der Waals surface area (Å²) in [7, 11) is 0. The maximum atomic E-state index is 12.9. The normalized spacial score (nSPS) is 12.4. The Bertz CT molecular complexity index is 1030. The van der Waals surface area contributed by atoms with Gasteiger partial charge in [0.15, 0.2) is 0 Å². The van der Waals surface area contributed by atoms with Gasteiger partial charge in [-0.05, 0) is 43.7 Å². The zero-order chi connectivity index (χ0) is 18.1. The maximum absolute atomic E-state index is 12.9. The first-order valence-corrected chi connectivity index (χ1v) is 9.42. The highest BCUT2D eigenvalue weighted by Gasteiger charge is 2.21. The first kappa shape index (κ1) is 16.7. The number of rotatable bonds is 5. The van der Waals surface area contributed by atoms with E-state index in [4.69, 9.17) is 4.42 Å². The topological polar surface area (TPSA) is 47.2 Å². The molecule has 0 spiro atoms. The Hall–Kier alpha value is -2.79. The van der Waals surface area contributed by atoms with Gasteiger partial charge in [-0.25, -0.2) is 0 Å². The summed E-state index contributed by atoms with van der Waals surface area (Å²) in [4.78, 5) is 14.1. The van der Waals surface area contributed by atoms with Gasteiger partial charge in [0.2, 0.25) is 0 Å². The van der Waals surface area contributed by atoms with Crippen LogP contribution in [0.3, 0.4) is 0 Å². The second-order valence-corrected chi connectivity index (χ2v) is 7.64. The fraction of sp³-hybridized carbons (Fsp3) is 0.190. The maximum Gasteiger partial charge on any atom is 0.268 e. The van der Waals surface area contributed by atoms with Crippen molar-refractivity contribution >= 4 is 27.5 Å². The van der Waals surface area contributed by atoms with Crippen LogP contribution in [0, 0.1) is 6.92 Å². The molecule has 1 aromatic carbocycles. The number of carbonyl (C=O) groups excluding carboxylic acids is 1. The average Bonchev–Trinajstić information content (AvgIpc) is 3.35. The van der Waals surface area contributed by atoms with E-state index in [-0.39, 0.29) is 11.9 Å². The quantitative estimate of drug-likeness (QED) is 0.533.